The highest BCUT2D eigenvalue weighted by Gasteiger charge is 2.44. The number of hydrogen-bond donors (Lipinski definition) is 1. The predicted octanol–water partition coefficient (Wildman–Crippen LogP) is 1.01. The molecule has 2 aliphatic heterocycles. The quantitative estimate of drug-likeness (QED) is 0.784. The van der Waals surface area contributed by atoms with E-state index < -0.39 is 0 Å². The second-order valence-corrected chi connectivity index (χ2v) is 8.95. The zero-order valence-corrected chi connectivity index (χ0v) is 18.1. The number of morpholine rings is 1. The van der Waals surface area contributed by atoms with Crippen LogP contribution in [0.4, 0.5) is 5.95 Å². The number of hydrogen-bond acceptors (Lipinski definition) is 6. The van der Waals surface area contributed by atoms with Gasteiger partial charge < -0.3 is 14.5 Å². The first-order chi connectivity index (χ1) is 15.0. The molecule has 9 nitrogen and oxygen atoms in total. The summed E-state index contributed by atoms with van der Waals surface area (Å²) in [5.41, 5.74) is 2.69. The zero-order valence-electron chi connectivity index (χ0n) is 18.1. The Hall–Kier alpha value is -2.68. The van der Waals surface area contributed by atoms with Crippen molar-refractivity contribution in [2.75, 3.05) is 44.3 Å². The molecule has 0 unspecified atom stereocenters. The molecular weight excluding hydrogens is 396 g/mol. The van der Waals surface area contributed by atoms with E-state index in [4.69, 9.17) is 9.72 Å². The second kappa shape index (κ2) is 8.11. The van der Waals surface area contributed by atoms with Crippen LogP contribution in [0.3, 0.4) is 0 Å². The van der Waals surface area contributed by atoms with Crippen molar-refractivity contribution in [3.05, 3.63) is 39.6 Å². The van der Waals surface area contributed by atoms with Gasteiger partial charge in [-0.2, -0.15) is 5.10 Å². The highest BCUT2D eigenvalue weighted by Crippen LogP contribution is 2.44. The number of carbonyl (C=O) groups excluding carboxylic acids is 1. The van der Waals surface area contributed by atoms with Crippen LogP contribution in [0.25, 0.3) is 0 Å². The smallest absolute Gasteiger partial charge is 0.255 e. The third-order valence-corrected chi connectivity index (χ3v) is 7.07. The van der Waals surface area contributed by atoms with Crippen molar-refractivity contribution < 1.29 is 9.53 Å². The Morgan fingerprint density at radius 2 is 1.97 bits per heavy atom. The highest BCUT2D eigenvalue weighted by atomic mass is 16.5. The number of nitrogens with zero attached hydrogens (tertiary/aromatic N) is 5. The van der Waals surface area contributed by atoms with Crippen molar-refractivity contribution in [1.82, 2.24) is 24.6 Å². The van der Waals surface area contributed by atoms with Gasteiger partial charge in [-0.05, 0) is 38.7 Å². The van der Waals surface area contributed by atoms with Gasteiger partial charge in [0.25, 0.3) is 5.56 Å². The third-order valence-electron chi connectivity index (χ3n) is 7.07. The van der Waals surface area contributed by atoms with Crippen LogP contribution in [0, 0.1) is 6.92 Å². The number of H-pyrrole nitrogens is 1. The maximum atomic E-state index is 12.8. The summed E-state index contributed by atoms with van der Waals surface area (Å²) in [5, 5.41) is 4.36. The van der Waals surface area contributed by atoms with Gasteiger partial charge in [0.1, 0.15) is 0 Å². The Kier molecular flexibility index (Phi) is 5.29. The summed E-state index contributed by atoms with van der Waals surface area (Å²) in [4.78, 5) is 37.5. The van der Waals surface area contributed by atoms with Crippen molar-refractivity contribution >= 4 is 11.9 Å². The maximum Gasteiger partial charge on any atom is 0.255 e. The number of fused-ring (bicyclic) bond motifs is 2. The molecule has 0 aromatic carbocycles. The van der Waals surface area contributed by atoms with Gasteiger partial charge in [-0.1, -0.05) is 0 Å². The number of anilines is 1. The molecule has 2 aromatic heterocycles. The van der Waals surface area contributed by atoms with Gasteiger partial charge in [-0.25, -0.2) is 4.98 Å². The second-order valence-electron chi connectivity index (χ2n) is 8.95. The van der Waals surface area contributed by atoms with Crippen molar-refractivity contribution in [2.45, 2.75) is 51.0 Å². The average molecular weight is 427 g/mol. The molecule has 0 saturated carbocycles. The van der Waals surface area contributed by atoms with Gasteiger partial charge in [-0.3, -0.25) is 19.3 Å². The maximum absolute atomic E-state index is 12.8. The topological polar surface area (TPSA) is 96.4 Å². The normalized spacial score (nSPS) is 20.3. The lowest BCUT2D eigenvalue weighted by molar-refractivity contribution is -0.133. The molecule has 3 aliphatic rings. The number of carbonyl (C=O) groups is 1. The summed E-state index contributed by atoms with van der Waals surface area (Å²) in [5.74, 6) is 0.843. The Morgan fingerprint density at radius 1 is 1.19 bits per heavy atom. The molecule has 1 amide bonds. The number of likely N-dealkylation sites (tertiary alicyclic amines) is 1. The van der Waals surface area contributed by atoms with E-state index in [1.54, 1.807) is 0 Å². The summed E-state index contributed by atoms with van der Waals surface area (Å²) in [6.07, 6.45) is 5.83. The predicted molar refractivity (Wildman–Crippen MR) is 115 cm³/mol. The van der Waals surface area contributed by atoms with Gasteiger partial charge in [-0.15, -0.1) is 0 Å². The van der Waals surface area contributed by atoms with Gasteiger partial charge in [0.15, 0.2) is 0 Å². The third kappa shape index (κ3) is 3.86. The van der Waals surface area contributed by atoms with Gasteiger partial charge in [0.2, 0.25) is 11.9 Å². The molecular formula is C22H30N6O3. The van der Waals surface area contributed by atoms with Crippen molar-refractivity contribution in [2.24, 2.45) is 0 Å². The molecule has 0 bridgehead atoms. The first-order valence-corrected chi connectivity index (χ1v) is 11.3. The summed E-state index contributed by atoms with van der Waals surface area (Å²) >= 11 is 0. The highest BCUT2D eigenvalue weighted by molar-refractivity contribution is 5.76. The van der Waals surface area contributed by atoms with Crippen LogP contribution in [0.15, 0.2) is 17.1 Å². The zero-order chi connectivity index (χ0) is 21.4. The fraction of sp³-hybridized carbons (Fsp3) is 0.636. The molecule has 9 heteroatoms. The first-order valence-electron chi connectivity index (χ1n) is 11.3. The Bertz CT molecular complexity index is 1010. The molecule has 2 fully saturated rings. The van der Waals surface area contributed by atoms with Crippen molar-refractivity contribution in [3.8, 4) is 0 Å². The lowest BCUT2D eigenvalue weighted by Gasteiger charge is -2.39. The monoisotopic (exact) mass is 426 g/mol. The van der Waals surface area contributed by atoms with Crippen LogP contribution in [0.1, 0.15) is 42.6 Å². The number of piperidine rings is 1. The van der Waals surface area contributed by atoms with Gasteiger partial charge in [0.05, 0.1) is 24.6 Å². The minimum absolute atomic E-state index is 0.00334. The summed E-state index contributed by atoms with van der Waals surface area (Å²) in [6, 6.07) is 1.95. The van der Waals surface area contributed by atoms with Gasteiger partial charge in [0, 0.05) is 56.3 Å². The van der Waals surface area contributed by atoms with E-state index in [2.05, 4.69) is 15.0 Å². The molecule has 2 saturated heterocycles. The average Bonchev–Trinajstić information content (AvgIpc) is 3.37. The van der Waals surface area contributed by atoms with Crippen molar-refractivity contribution in [3.63, 3.8) is 0 Å². The fourth-order valence-corrected chi connectivity index (χ4v) is 5.19. The van der Waals surface area contributed by atoms with Crippen LogP contribution in [-0.2, 0) is 27.9 Å². The summed E-state index contributed by atoms with van der Waals surface area (Å²) in [6.45, 7) is 6.79. The van der Waals surface area contributed by atoms with E-state index in [-0.39, 0.29) is 16.9 Å². The number of rotatable bonds is 4. The van der Waals surface area contributed by atoms with E-state index in [0.717, 1.165) is 68.8 Å². The molecule has 2 aromatic rings. The van der Waals surface area contributed by atoms with Crippen LogP contribution < -0.4 is 10.5 Å². The molecule has 1 spiro atoms. The molecule has 0 atom stereocenters. The number of amides is 1. The van der Waals surface area contributed by atoms with Crippen LogP contribution in [0.2, 0.25) is 0 Å². The minimum atomic E-state index is -0.0828. The Balaban J connectivity index is 1.27. The number of aromatic nitrogens is 4. The lowest BCUT2D eigenvalue weighted by Crippen LogP contribution is -2.45. The van der Waals surface area contributed by atoms with E-state index in [9.17, 15) is 9.59 Å². The van der Waals surface area contributed by atoms with E-state index >= 15 is 0 Å². The number of aromatic amines is 1. The van der Waals surface area contributed by atoms with Crippen LogP contribution in [-0.4, -0.2) is 69.9 Å². The first kappa shape index (κ1) is 20.2. The fourth-order valence-electron chi connectivity index (χ4n) is 5.19. The Morgan fingerprint density at radius 3 is 2.68 bits per heavy atom. The van der Waals surface area contributed by atoms with Crippen LogP contribution in [0.5, 0.6) is 0 Å². The summed E-state index contributed by atoms with van der Waals surface area (Å²) in [7, 11) is 0. The molecule has 5 rings (SSSR count). The van der Waals surface area contributed by atoms with Gasteiger partial charge >= 0.3 is 0 Å². The standard InChI is InChI=1S/C22H30N6O3/c1-16-3-8-28(25-16)9-4-18(29)26-10-6-22(7-11-26)5-2-17-19(22)23-21(24-20(17)30)27-12-14-31-15-13-27/h3,8H,2,4-7,9-15H2,1H3,(H,23,24,30). The molecule has 1 aliphatic carbocycles. The minimum Gasteiger partial charge on any atom is -0.378 e. The van der Waals surface area contributed by atoms with Crippen LogP contribution >= 0.6 is 0 Å². The molecule has 166 valence electrons. The number of aryl methyl sites for hydroxylation is 2. The SMILES string of the molecule is Cc1ccn(CCC(=O)N2CCC3(CCc4c3nc(N3CCOCC3)[nH]c4=O)CC2)n1. The number of nitrogens with one attached hydrogen (secondary N) is 1. The van der Waals surface area contributed by atoms with E-state index in [0.29, 0.717) is 32.1 Å². The molecule has 0 radical (unpaired) electrons. The van der Waals surface area contributed by atoms with E-state index in [1.165, 1.54) is 0 Å². The molecule has 31 heavy (non-hydrogen) atoms. The van der Waals surface area contributed by atoms with E-state index in [1.807, 2.05) is 28.8 Å². The Labute approximate surface area is 181 Å². The molecule has 4 heterocycles. The summed E-state index contributed by atoms with van der Waals surface area (Å²) < 4.78 is 7.26. The van der Waals surface area contributed by atoms with Crippen molar-refractivity contribution in [1.29, 1.82) is 0 Å². The lowest BCUT2D eigenvalue weighted by atomic mass is 9.76. The molecule has 1 N–H and O–H groups in total. The largest absolute Gasteiger partial charge is 0.378 e. The number of ether oxygens (including phenoxy) is 1.